The van der Waals surface area contributed by atoms with Crippen molar-refractivity contribution in [3.63, 3.8) is 0 Å². The maximum atomic E-state index is 10.3. The van der Waals surface area contributed by atoms with Gasteiger partial charge < -0.3 is 4.57 Å². The van der Waals surface area contributed by atoms with E-state index in [1.54, 1.807) is 0 Å². The predicted octanol–water partition coefficient (Wildman–Crippen LogP) is 13.0. The van der Waals surface area contributed by atoms with Gasteiger partial charge in [0, 0.05) is 27.5 Å². The molecule has 0 saturated carbocycles. The van der Waals surface area contributed by atoms with E-state index in [0.29, 0.717) is 11.4 Å². The van der Waals surface area contributed by atoms with Gasteiger partial charge in [0.15, 0.2) is 5.82 Å². The van der Waals surface area contributed by atoms with Crippen molar-refractivity contribution in [2.45, 2.75) is 27.7 Å². The quantitative estimate of drug-likeness (QED) is 0.173. The Labute approximate surface area is 321 Å². The number of hydrogen-bond donors (Lipinski definition) is 0. The summed E-state index contributed by atoms with van der Waals surface area (Å²) in [5.41, 5.74) is 17.8. The van der Waals surface area contributed by atoms with Crippen LogP contribution in [0.5, 0.6) is 0 Å². The maximum Gasteiger partial charge on any atom is 0.162 e. The summed E-state index contributed by atoms with van der Waals surface area (Å²) in [5.74, 6) is 0.591. The van der Waals surface area contributed by atoms with Gasteiger partial charge in [0.05, 0.1) is 39.7 Å². The van der Waals surface area contributed by atoms with Crippen molar-refractivity contribution >= 4 is 21.8 Å². The topological polar surface area (TPSA) is 54.5 Å². The molecule has 4 nitrogen and oxygen atoms in total. The standard InChI is InChI=1S/C51H38N4/c1-32-15-20-41(34(3)25-32)39-18-23-48-44(28-39)45-29-40(42-21-16-33(2)26-35(42)4)19-24-49(45)55(48)50-27-36(31-52)17-22-43(50)51-53-46(37-11-7-5-8-12-37)30-47(54-51)38-13-9-6-10-14-38/h5-30H,1-4H3. The third kappa shape index (κ3) is 6.16. The van der Waals surface area contributed by atoms with Crippen molar-refractivity contribution in [3.05, 3.63) is 186 Å². The van der Waals surface area contributed by atoms with E-state index in [1.807, 2.05) is 54.6 Å². The van der Waals surface area contributed by atoms with E-state index in [4.69, 9.17) is 9.97 Å². The molecule has 4 heteroatoms. The zero-order valence-corrected chi connectivity index (χ0v) is 31.3. The molecule has 0 amide bonds. The summed E-state index contributed by atoms with van der Waals surface area (Å²) in [6.07, 6.45) is 0. The van der Waals surface area contributed by atoms with Gasteiger partial charge in [0.2, 0.25) is 0 Å². The van der Waals surface area contributed by atoms with Crippen LogP contribution in [0.4, 0.5) is 0 Å². The molecule has 7 aromatic carbocycles. The van der Waals surface area contributed by atoms with Crippen molar-refractivity contribution in [3.8, 4) is 67.9 Å². The first-order valence-corrected chi connectivity index (χ1v) is 18.6. The molecule has 9 rings (SSSR count). The summed E-state index contributed by atoms with van der Waals surface area (Å²) < 4.78 is 2.29. The van der Waals surface area contributed by atoms with E-state index in [9.17, 15) is 5.26 Å². The summed E-state index contributed by atoms with van der Waals surface area (Å²) in [6.45, 7) is 8.64. The molecule has 9 aromatic rings. The lowest BCUT2D eigenvalue weighted by Gasteiger charge is -2.16. The Morgan fingerprint density at radius 1 is 0.455 bits per heavy atom. The lowest BCUT2D eigenvalue weighted by Crippen LogP contribution is -2.02. The van der Waals surface area contributed by atoms with Crippen molar-refractivity contribution in [1.29, 1.82) is 5.26 Å². The number of rotatable bonds is 6. The van der Waals surface area contributed by atoms with Crippen LogP contribution in [0, 0.1) is 39.0 Å². The van der Waals surface area contributed by atoms with Gasteiger partial charge in [-0.3, -0.25) is 0 Å². The summed E-state index contributed by atoms with van der Waals surface area (Å²) >= 11 is 0. The molecule has 0 aliphatic heterocycles. The van der Waals surface area contributed by atoms with Crippen LogP contribution >= 0.6 is 0 Å². The molecule has 55 heavy (non-hydrogen) atoms. The lowest BCUT2D eigenvalue weighted by molar-refractivity contribution is 1.14. The van der Waals surface area contributed by atoms with E-state index in [2.05, 4.69) is 141 Å². The Balaban J connectivity index is 1.34. The summed E-state index contributed by atoms with van der Waals surface area (Å²) in [7, 11) is 0. The summed E-state index contributed by atoms with van der Waals surface area (Å²) in [4.78, 5) is 10.4. The van der Waals surface area contributed by atoms with Crippen LogP contribution in [-0.4, -0.2) is 14.5 Å². The highest BCUT2D eigenvalue weighted by Crippen LogP contribution is 2.41. The molecule has 0 fully saturated rings. The fraction of sp³-hybridized carbons (Fsp3) is 0.0784. The van der Waals surface area contributed by atoms with Crippen molar-refractivity contribution in [1.82, 2.24) is 14.5 Å². The first-order chi connectivity index (χ1) is 26.8. The van der Waals surface area contributed by atoms with E-state index < -0.39 is 0 Å². The minimum atomic E-state index is 0.565. The first kappa shape index (κ1) is 33.7. The second-order valence-electron chi connectivity index (χ2n) is 14.5. The number of hydrogen-bond acceptors (Lipinski definition) is 3. The Kier molecular flexibility index (Phi) is 8.41. The third-order valence-corrected chi connectivity index (χ3v) is 10.6. The normalized spacial score (nSPS) is 11.3. The number of benzene rings is 7. The van der Waals surface area contributed by atoms with Crippen molar-refractivity contribution in [2.24, 2.45) is 0 Å². The molecular formula is C51H38N4. The molecule has 0 atom stereocenters. The van der Waals surface area contributed by atoms with Crippen LogP contribution in [0.15, 0.2) is 158 Å². The van der Waals surface area contributed by atoms with Crippen LogP contribution in [0.25, 0.3) is 83.6 Å². The van der Waals surface area contributed by atoms with Gasteiger partial charge in [0.1, 0.15) is 0 Å². The fourth-order valence-corrected chi connectivity index (χ4v) is 7.95. The zero-order chi connectivity index (χ0) is 37.6. The molecule has 2 heterocycles. The molecule has 0 unspecified atom stereocenters. The highest BCUT2D eigenvalue weighted by atomic mass is 15.0. The van der Waals surface area contributed by atoms with Gasteiger partial charge in [-0.05, 0) is 110 Å². The predicted molar refractivity (Wildman–Crippen MR) is 227 cm³/mol. The minimum absolute atomic E-state index is 0.565. The Morgan fingerprint density at radius 3 is 1.42 bits per heavy atom. The third-order valence-electron chi connectivity index (χ3n) is 10.6. The molecule has 2 aromatic heterocycles. The van der Waals surface area contributed by atoms with E-state index in [1.165, 1.54) is 44.5 Å². The number of fused-ring (bicyclic) bond motifs is 3. The molecule has 0 saturated heterocycles. The number of aryl methyl sites for hydroxylation is 4. The highest BCUT2D eigenvalue weighted by molar-refractivity contribution is 6.12. The van der Waals surface area contributed by atoms with Gasteiger partial charge in [0.25, 0.3) is 0 Å². The molecule has 0 radical (unpaired) electrons. The molecule has 0 spiro atoms. The molecule has 0 aliphatic carbocycles. The molecular weight excluding hydrogens is 669 g/mol. The largest absolute Gasteiger partial charge is 0.308 e. The average Bonchev–Trinajstić information content (AvgIpc) is 3.54. The van der Waals surface area contributed by atoms with Crippen LogP contribution in [0.1, 0.15) is 27.8 Å². The van der Waals surface area contributed by atoms with Crippen LogP contribution in [-0.2, 0) is 0 Å². The Hall–Kier alpha value is -7.09. The fourth-order valence-electron chi connectivity index (χ4n) is 7.95. The molecule has 0 bridgehead atoms. The number of aromatic nitrogens is 3. The van der Waals surface area contributed by atoms with Gasteiger partial charge >= 0.3 is 0 Å². The smallest absolute Gasteiger partial charge is 0.162 e. The monoisotopic (exact) mass is 706 g/mol. The Morgan fingerprint density at radius 2 is 0.945 bits per heavy atom. The first-order valence-electron chi connectivity index (χ1n) is 18.6. The molecule has 0 aliphatic rings. The van der Waals surface area contributed by atoms with Crippen molar-refractivity contribution < 1.29 is 0 Å². The van der Waals surface area contributed by atoms with Gasteiger partial charge in [-0.15, -0.1) is 0 Å². The van der Waals surface area contributed by atoms with Gasteiger partial charge in [-0.25, -0.2) is 9.97 Å². The minimum Gasteiger partial charge on any atom is -0.308 e. The SMILES string of the molecule is Cc1ccc(-c2ccc3c(c2)c2cc(-c4ccc(C)cc4C)ccc2n3-c2cc(C#N)ccc2-c2nc(-c3ccccc3)cc(-c3ccccc3)n2)c(C)c1. The second-order valence-corrected chi connectivity index (χ2v) is 14.5. The van der Waals surface area contributed by atoms with Crippen LogP contribution < -0.4 is 0 Å². The molecule has 0 N–H and O–H groups in total. The lowest BCUT2D eigenvalue weighted by atomic mass is 9.95. The highest BCUT2D eigenvalue weighted by Gasteiger charge is 2.21. The van der Waals surface area contributed by atoms with Crippen molar-refractivity contribution in [2.75, 3.05) is 0 Å². The van der Waals surface area contributed by atoms with E-state index in [0.717, 1.165) is 55.6 Å². The number of nitriles is 1. The zero-order valence-electron chi connectivity index (χ0n) is 31.3. The molecule has 262 valence electrons. The van der Waals surface area contributed by atoms with Gasteiger partial charge in [-0.2, -0.15) is 5.26 Å². The van der Waals surface area contributed by atoms with E-state index in [-0.39, 0.29) is 0 Å². The van der Waals surface area contributed by atoms with Gasteiger partial charge in [-0.1, -0.05) is 120 Å². The Bertz CT molecular complexity index is 2800. The second kappa shape index (κ2) is 13.7. The summed E-state index contributed by atoms with van der Waals surface area (Å²) in [6, 6.07) is 57.6. The maximum absolute atomic E-state index is 10.3. The van der Waals surface area contributed by atoms with Crippen LogP contribution in [0.2, 0.25) is 0 Å². The van der Waals surface area contributed by atoms with E-state index >= 15 is 0 Å². The van der Waals surface area contributed by atoms with Crippen LogP contribution in [0.3, 0.4) is 0 Å². The number of nitrogens with zero attached hydrogens (tertiary/aromatic N) is 4. The average molecular weight is 707 g/mol. The summed E-state index contributed by atoms with van der Waals surface area (Å²) in [5, 5.41) is 12.5.